The zero-order valence-corrected chi connectivity index (χ0v) is 11.0. The molecular formula is C9H13NO6S2. The average molecular weight is 295 g/mol. The van der Waals surface area contributed by atoms with E-state index in [1.165, 1.54) is 0 Å². The van der Waals surface area contributed by atoms with Crippen LogP contribution in [0.4, 0.5) is 5.69 Å². The Hall–Kier alpha value is -1.32. The maximum Gasteiger partial charge on any atom is 0.281 e. The lowest BCUT2D eigenvalue weighted by Crippen LogP contribution is -2.12. The standard InChI is InChI=1S/C9H13NO6S2/c10-8-2-4-9(5-3-8)15-6-1-7-18(13,14)16-17(11)12/h2-5,17H,1,6-7,10H2. The van der Waals surface area contributed by atoms with Gasteiger partial charge < -0.3 is 10.5 Å². The van der Waals surface area contributed by atoms with Crippen LogP contribution in [0.15, 0.2) is 24.3 Å². The summed E-state index contributed by atoms with van der Waals surface area (Å²) in [4.78, 5) is 0. The molecule has 1 aromatic rings. The highest BCUT2D eigenvalue weighted by molar-refractivity contribution is 7.93. The van der Waals surface area contributed by atoms with Crippen molar-refractivity contribution in [1.82, 2.24) is 0 Å². The Balaban J connectivity index is 2.33. The average Bonchev–Trinajstić information content (AvgIpc) is 2.25. The van der Waals surface area contributed by atoms with Crippen LogP contribution in [0.2, 0.25) is 0 Å². The number of rotatable bonds is 7. The van der Waals surface area contributed by atoms with E-state index in [0.717, 1.165) is 0 Å². The molecule has 0 saturated heterocycles. The van der Waals surface area contributed by atoms with E-state index in [2.05, 4.69) is 3.63 Å². The molecule has 0 aromatic heterocycles. The van der Waals surface area contributed by atoms with Gasteiger partial charge in [-0.3, -0.25) is 0 Å². The second-order valence-electron chi connectivity index (χ2n) is 3.33. The lowest BCUT2D eigenvalue weighted by Gasteiger charge is -2.05. The van der Waals surface area contributed by atoms with Gasteiger partial charge in [0.1, 0.15) is 5.75 Å². The molecule has 0 unspecified atom stereocenters. The largest absolute Gasteiger partial charge is 0.494 e. The lowest BCUT2D eigenvalue weighted by atomic mass is 10.3. The van der Waals surface area contributed by atoms with Crippen molar-refractivity contribution in [2.45, 2.75) is 6.42 Å². The first kappa shape index (κ1) is 14.7. The molecule has 0 fully saturated rings. The molecular weight excluding hydrogens is 282 g/mol. The number of benzene rings is 1. The summed E-state index contributed by atoms with van der Waals surface area (Å²) in [6.07, 6.45) is 0.121. The number of nitrogen functional groups attached to an aromatic ring is 1. The molecule has 0 amide bonds. The van der Waals surface area contributed by atoms with Gasteiger partial charge in [-0.05, 0) is 30.7 Å². The summed E-state index contributed by atoms with van der Waals surface area (Å²) in [5.41, 5.74) is 6.07. The Kier molecular flexibility index (Phi) is 5.38. The fourth-order valence-corrected chi connectivity index (χ4v) is 2.63. The van der Waals surface area contributed by atoms with Crippen molar-refractivity contribution in [3.63, 3.8) is 0 Å². The third-order valence-electron chi connectivity index (χ3n) is 1.86. The number of ether oxygens (including phenoxy) is 1. The Morgan fingerprint density at radius 1 is 1.17 bits per heavy atom. The van der Waals surface area contributed by atoms with Crippen molar-refractivity contribution in [3.8, 4) is 5.75 Å². The zero-order valence-electron chi connectivity index (χ0n) is 9.31. The van der Waals surface area contributed by atoms with Gasteiger partial charge in [0, 0.05) is 5.69 Å². The van der Waals surface area contributed by atoms with Crippen molar-refractivity contribution in [1.29, 1.82) is 0 Å². The van der Waals surface area contributed by atoms with Crippen LogP contribution in [0.5, 0.6) is 5.75 Å². The number of thiol groups is 1. The lowest BCUT2D eigenvalue weighted by molar-refractivity contribution is 0.316. The first-order chi connectivity index (χ1) is 8.39. The summed E-state index contributed by atoms with van der Waals surface area (Å²) in [5.74, 6) is 0.128. The van der Waals surface area contributed by atoms with Gasteiger partial charge in [-0.25, -0.2) is 8.42 Å². The van der Waals surface area contributed by atoms with Gasteiger partial charge in [-0.1, -0.05) is 0 Å². The minimum absolute atomic E-state index is 0.121. The van der Waals surface area contributed by atoms with E-state index in [0.29, 0.717) is 11.4 Å². The van der Waals surface area contributed by atoms with Crippen LogP contribution in [-0.2, 0) is 24.7 Å². The molecule has 0 atom stereocenters. The molecule has 0 aliphatic rings. The highest BCUT2D eigenvalue weighted by Crippen LogP contribution is 2.13. The molecule has 0 aliphatic carbocycles. The van der Waals surface area contributed by atoms with Gasteiger partial charge in [-0.15, -0.1) is 3.63 Å². The van der Waals surface area contributed by atoms with Crippen molar-refractivity contribution in [2.75, 3.05) is 18.1 Å². The summed E-state index contributed by atoms with van der Waals surface area (Å²) in [6.45, 7) is 0.127. The van der Waals surface area contributed by atoms with Gasteiger partial charge in [0.2, 0.25) is 0 Å². The van der Waals surface area contributed by atoms with Crippen LogP contribution < -0.4 is 10.5 Å². The molecule has 0 spiro atoms. The van der Waals surface area contributed by atoms with Gasteiger partial charge in [0.25, 0.3) is 21.1 Å². The molecule has 9 heteroatoms. The quantitative estimate of drug-likeness (QED) is 0.410. The van der Waals surface area contributed by atoms with Gasteiger partial charge in [0.15, 0.2) is 0 Å². The Morgan fingerprint density at radius 2 is 1.78 bits per heavy atom. The Labute approximate surface area is 107 Å². The molecule has 2 N–H and O–H groups in total. The highest BCUT2D eigenvalue weighted by atomic mass is 32.3. The molecule has 0 saturated carbocycles. The fourth-order valence-electron chi connectivity index (χ4n) is 1.12. The SMILES string of the molecule is Nc1ccc(OCCCS(=O)(=O)O[SH](=O)=O)cc1. The molecule has 7 nitrogen and oxygen atoms in total. The Bertz CT molecular complexity index is 541. The molecule has 0 aliphatic heterocycles. The molecule has 1 aromatic carbocycles. The van der Waals surface area contributed by atoms with Gasteiger partial charge >= 0.3 is 0 Å². The molecule has 0 heterocycles. The Morgan fingerprint density at radius 3 is 2.33 bits per heavy atom. The number of anilines is 1. The normalized spacial score (nSPS) is 11.6. The van der Waals surface area contributed by atoms with Crippen LogP contribution in [0.1, 0.15) is 6.42 Å². The minimum atomic E-state index is -4.04. The molecule has 18 heavy (non-hydrogen) atoms. The minimum Gasteiger partial charge on any atom is -0.494 e. The summed E-state index contributed by atoms with van der Waals surface area (Å²) in [6, 6.07) is 6.60. The van der Waals surface area contributed by atoms with Crippen molar-refractivity contribution in [3.05, 3.63) is 24.3 Å². The fraction of sp³-hybridized carbons (Fsp3) is 0.333. The second kappa shape index (κ2) is 6.57. The van der Waals surface area contributed by atoms with E-state index in [1.54, 1.807) is 24.3 Å². The van der Waals surface area contributed by atoms with Crippen LogP contribution in [-0.4, -0.2) is 29.2 Å². The van der Waals surface area contributed by atoms with Crippen LogP contribution in [0, 0.1) is 0 Å². The summed E-state index contributed by atoms with van der Waals surface area (Å²) in [7, 11) is -7.44. The van der Waals surface area contributed by atoms with Gasteiger partial charge in [0.05, 0.1) is 12.4 Å². The monoisotopic (exact) mass is 295 g/mol. The summed E-state index contributed by atoms with van der Waals surface area (Å²) >= 11 is 0. The topological polar surface area (TPSA) is 113 Å². The van der Waals surface area contributed by atoms with Crippen LogP contribution in [0.3, 0.4) is 0 Å². The van der Waals surface area contributed by atoms with E-state index >= 15 is 0 Å². The molecule has 0 radical (unpaired) electrons. The molecule has 102 valence electrons. The van der Waals surface area contributed by atoms with Crippen molar-refractivity contribution < 1.29 is 25.2 Å². The maximum absolute atomic E-state index is 11.0. The van der Waals surface area contributed by atoms with E-state index in [-0.39, 0.29) is 13.0 Å². The van der Waals surface area contributed by atoms with E-state index in [1.807, 2.05) is 0 Å². The predicted octanol–water partition coefficient (Wildman–Crippen LogP) is -0.0895. The van der Waals surface area contributed by atoms with E-state index < -0.39 is 26.9 Å². The van der Waals surface area contributed by atoms with E-state index in [9.17, 15) is 16.8 Å². The first-order valence-corrected chi connectivity index (χ1v) is 7.61. The van der Waals surface area contributed by atoms with E-state index in [4.69, 9.17) is 10.5 Å². The third-order valence-corrected chi connectivity index (χ3v) is 4.05. The van der Waals surface area contributed by atoms with Crippen LogP contribution >= 0.6 is 0 Å². The highest BCUT2D eigenvalue weighted by Gasteiger charge is 2.12. The van der Waals surface area contributed by atoms with Crippen LogP contribution in [0.25, 0.3) is 0 Å². The third kappa shape index (κ3) is 5.84. The first-order valence-electron chi connectivity index (χ1n) is 4.94. The summed E-state index contributed by atoms with van der Waals surface area (Å²) < 4.78 is 51.2. The zero-order chi connectivity index (χ0) is 13.6. The van der Waals surface area contributed by atoms with Gasteiger partial charge in [-0.2, -0.15) is 8.42 Å². The number of hydrogen-bond donors (Lipinski definition) is 2. The summed E-state index contributed by atoms with van der Waals surface area (Å²) in [5, 5.41) is 0. The van der Waals surface area contributed by atoms with Crippen molar-refractivity contribution >= 4 is 26.8 Å². The number of nitrogens with two attached hydrogens (primary N) is 1. The van der Waals surface area contributed by atoms with Crippen molar-refractivity contribution in [2.24, 2.45) is 0 Å². The second-order valence-corrected chi connectivity index (χ2v) is 5.90. The predicted molar refractivity (Wildman–Crippen MR) is 66.2 cm³/mol. The molecule has 0 bridgehead atoms. The molecule has 1 rings (SSSR count). The number of hydrogen-bond acceptors (Lipinski definition) is 7. The smallest absolute Gasteiger partial charge is 0.281 e. The maximum atomic E-state index is 11.0.